The maximum absolute atomic E-state index is 11.3. The first kappa shape index (κ1) is 14.7. The molecule has 0 radical (unpaired) electrons. The average molecular weight is 304 g/mol. The summed E-state index contributed by atoms with van der Waals surface area (Å²) in [6, 6.07) is 0. The van der Waals surface area contributed by atoms with E-state index in [1.807, 2.05) is 18.7 Å². The van der Waals surface area contributed by atoms with Gasteiger partial charge in [0.1, 0.15) is 17.0 Å². The summed E-state index contributed by atoms with van der Waals surface area (Å²) in [5.74, 6) is 0.366. The summed E-state index contributed by atoms with van der Waals surface area (Å²) in [5.41, 5.74) is 1.32. The number of aryl methyl sites for hydroxylation is 2. The molecule has 1 saturated heterocycles. The summed E-state index contributed by atoms with van der Waals surface area (Å²) in [7, 11) is 0. The average Bonchev–Trinajstić information content (AvgIpc) is 2.97. The van der Waals surface area contributed by atoms with Crippen molar-refractivity contribution in [3.8, 4) is 0 Å². The predicted molar refractivity (Wildman–Crippen MR) is 80.9 cm³/mol. The smallest absolute Gasteiger partial charge is 0.308 e. The van der Waals surface area contributed by atoms with E-state index in [2.05, 4.69) is 15.1 Å². The molecule has 0 aliphatic carbocycles. The number of aromatic nitrogens is 3. The lowest BCUT2D eigenvalue weighted by Gasteiger charge is -2.32. The largest absolute Gasteiger partial charge is 0.481 e. The summed E-state index contributed by atoms with van der Waals surface area (Å²) >= 11 is 0. The van der Waals surface area contributed by atoms with Gasteiger partial charge in [0.05, 0.1) is 11.6 Å². The highest BCUT2D eigenvalue weighted by atomic mass is 16.5. The van der Waals surface area contributed by atoms with Crippen molar-refractivity contribution in [1.82, 2.24) is 15.1 Å². The molecule has 0 amide bonds. The molecular weight excluding hydrogens is 284 g/mol. The minimum absolute atomic E-state index is 0.353. The standard InChI is InChI=1S/C15H20N4O3/c1-3-10-12-13(16-11(4-2)17-14(12)22-18-10)19-7-5-6-9(8-19)15(20)21/h9H,3-8H2,1-2H3,(H,20,21). The van der Waals surface area contributed by atoms with Gasteiger partial charge in [-0.1, -0.05) is 19.0 Å². The van der Waals surface area contributed by atoms with Crippen molar-refractivity contribution >= 4 is 22.9 Å². The van der Waals surface area contributed by atoms with E-state index in [-0.39, 0.29) is 5.92 Å². The molecule has 22 heavy (non-hydrogen) atoms. The molecule has 1 fully saturated rings. The molecular formula is C15H20N4O3. The fourth-order valence-electron chi connectivity index (χ4n) is 2.93. The Morgan fingerprint density at radius 3 is 2.86 bits per heavy atom. The maximum atomic E-state index is 11.3. The molecule has 118 valence electrons. The normalized spacial score (nSPS) is 18.8. The van der Waals surface area contributed by atoms with Crippen LogP contribution in [0.2, 0.25) is 0 Å². The van der Waals surface area contributed by atoms with Gasteiger partial charge in [0.25, 0.3) is 5.71 Å². The van der Waals surface area contributed by atoms with Crippen molar-refractivity contribution in [2.75, 3.05) is 18.0 Å². The maximum Gasteiger partial charge on any atom is 0.308 e. The Kier molecular flexibility index (Phi) is 3.96. The first-order valence-corrected chi connectivity index (χ1v) is 7.77. The molecule has 1 aliphatic heterocycles. The van der Waals surface area contributed by atoms with Crippen LogP contribution in [0, 0.1) is 5.92 Å². The van der Waals surface area contributed by atoms with Gasteiger partial charge in [-0.3, -0.25) is 4.79 Å². The fraction of sp³-hybridized carbons (Fsp3) is 0.600. The fourth-order valence-corrected chi connectivity index (χ4v) is 2.93. The van der Waals surface area contributed by atoms with E-state index in [0.717, 1.165) is 36.3 Å². The van der Waals surface area contributed by atoms with E-state index < -0.39 is 5.97 Å². The van der Waals surface area contributed by atoms with Crippen LogP contribution in [0.3, 0.4) is 0 Å². The number of carboxylic acid groups (broad SMARTS) is 1. The van der Waals surface area contributed by atoms with E-state index in [0.29, 0.717) is 30.9 Å². The predicted octanol–water partition coefficient (Wildman–Crippen LogP) is 2.04. The molecule has 0 spiro atoms. The summed E-state index contributed by atoms with van der Waals surface area (Å²) in [5, 5.41) is 14.2. The van der Waals surface area contributed by atoms with Gasteiger partial charge in [-0.25, -0.2) is 4.98 Å². The molecule has 0 aromatic carbocycles. The number of anilines is 1. The van der Waals surface area contributed by atoms with Crippen molar-refractivity contribution in [3.05, 3.63) is 11.5 Å². The number of hydrogen-bond acceptors (Lipinski definition) is 6. The number of aliphatic carboxylic acids is 1. The van der Waals surface area contributed by atoms with Crippen molar-refractivity contribution in [2.24, 2.45) is 5.92 Å². The number of fused-ring (bicyclic) bond motifs is 1. The second kappa shape index (κ2) is 5.90. The zero-order chi connectivity index (χ0) is 15.7. The Bertz CT molecular complexity index is 697. The van der Waals surface area contributed by atoms with E-state index in [1.165, 1.54) is 0 Å². The summed E-state index contributed by atoms with van der Waals surface area (Å²) < 4.78 is 5.34. The van der Waals surface area contributed by atoms with Crippen LogP contribution in [0.5, 0.6) is 0 Å². The molecule has 0 saturated carbocycles. The first-order chi connectivity index (χ1) is 10.6. The SMILES string of the molecule is CCc1nc(N2CCCC(C(=O)O)C2)c2c(CC)noc2n1. The lowest BCUT2D eigenvalue weighted by atomic mass is 9.98. The van der Waals surface area contributed by atoms with E-state index in [4.69, 9.17) is 4.52 Å². The molecule has 1 aliphatic rings. The van der Waals surface area contributed by atoms with Crippen LogP contribution >= 0.6 is 0 Å². The quantitative estimate of drug-likeness (QED) is 0.924. The lowest BCUT2D eigenvalue weighted by Crippen LogP contribution is -2.39. The third-order valence-electron chi connectivity index (χ3n) is 4.16. The van der Waals surface area contributed by atoms with E-state index >= 15 is 0 Å². The zero-order valence-corrected chi connectivity index (χ0v) is 12.9. The molecule has 7 heteroatoms. The Morgan fingerprint density at radius 1 is 1.36 bits per heavy atom. The number of nitrogens with zero attached hydrogens (tertiary/aromatic N) is 4. The van der Waals surface area contributed by atoms with Crippen LogP contribution in [-0.4, -0.2) is 39.3 Å². The molecule has 3 rings (SSSR count). The lowest BCUT2D eigenvalue weighted by molar-refractivity contribution is -0.141. The second-order valence-corrected chi connectivity index (χ2v) is 5.60. The van der Waals surface area contributed by atoms with Crippen LogP contribution in [0.4, 0.5) is 5.82 Å². The molecule has 1 unspecified atom stereocenters. The van der Waals surface area contributed by atoms with Crippen LogP contribution in [0.15, 0.2) is 4.52 Å². The van der Waals surface area contributed by atoms with Gasteiger partial charge in [-0.05, 0) is 19.3 Å². The topological polar surface area (TPSA) is 92.4 Å². The Balaban J connectivity index is 2.07. The molecule has 7 nitrogen and oxygen atoms in total. The van der Waals surface area contributed by atoms with Gasteiger partial charge < -0.3 is 14.5 Å². The first-order valence-electron chi connectivity index (χ1n) is 7.77. The minimum Gasteiger partial charge on any atom is -0.481 e. The van der Waals surface area contributed by atoms with Crippen LogP contribution in [0.25, 0.3) is 11.1 Å². The van der Waals surface area contributed by atoms with Crippen molar-refractivity contribution in [1.29, 1.82) is 0 Å². The highest BCUT2D eigenvalue weighted by Gasteiger charge is 2.29. The number of hydrogen-bond donors (Lipinski definition) is 1. The number of piperidine rings is 1. The van der Waals surface area contributed by atoms with Crippen molar-refractivity contribution in [2.45, 2.75) is 39.5 Å². The Labute approximate surface area is 128 Å². The molecule has 1 atom stereocenters. The summed E-state index contributed by atoms with van der Waals surface area (Å²) in [6.45, 7) is 5.26. The third kappa shape index (κ3) is 2.51. The van der Waals surface area contributed by atoms with Gasteiger partial charge in [0.2, 0.25) is 0 Å². The number of carboxylic acids is 1. The van der Waals surface area contributed by atoms with Crippen LogP contribution in [-0.2, 0) is 17.6 Å². The van der Waals surface area contributed by atoms with Crippen LogP contribution < -0.4 is 4.90 Å². The van der Waals surface area contributed by atoms with Gasteiger partial charge >= 0.3 is 5.97 Å². The molecule has 2 aromatic rings. The molecule has 0 bridgehead atoms. The molecule has 3 heterocycles. The third-order valence-corrected chi connectivity index (χ3v) is 4.16. The zero-order valence-electron chi connectivity index (χ0n) is 12.9. The highest BCUT2D eigenvalue weighted by Crippen LogP contribution is 2.31. The Morgan fingerprint density at radius 2 is 2.18 bits per heavy atom. The molecule has 1 N–H and O–H groups in total. The van der Waals surface area contributed by atoms with Gasteiger partial charge in [0, 0.05) is 19.5 Å². The molecule has 2 aromatic heterocycles. The number of rotatable bonds is 4. The van der Waals surface area contributed by atoms with Gasteiger partial charge in [-0.15, -0.1) is 0 Å². The monoisotopic (exact) mass is 304 g/mol. The minimum atomic E-state index is -0.744. The van der Waals surface area contributed by atoms with E-state index in [1.54, 1.807) is 0 Å². The van der Waals surface area contributed by atoms with Crippen molar-refractivity contribution in [3.63, 3.8) is 0 Å². The van der Waals surface area contributed by atoms with Gasteiger partial charge in [0.15, 0.2) is 0 Å². The Hall–Kier alpha value is -2.18. The number of carbonyl (C=O) groups is 1. The second-order valence-electron chi connectivity index (χ2n) is 5.60. The summed E-state index contributed by atoms with van der Waals surface area (Å²) in [4.78, 5) is 22.4. The summed E-state index contributed by atoms with van der Waals surface area (Å²) in [6.07, 6.45) is 2.98. The van der Waals surface area contributed by atoms with Crippen LogP contribution in [0.1, 0.15) is 38.2 Å². The van der Waals surface area contributed by atoms with E-state index in [9.17, 15) is 9.90 Å². The van der Waals surface area contributed by atoms with Gasteiger partial charge in [-0.2, -0.15) is 4.98 Å². The van der Waals surface area contributed by atoms with Crippen molar-refractivity contribution < 1.29 is 14.4 Å². The highest BCUT2D eigenvalue weighted by molar-refractivity contribution is 5.88.